The molecule has 2 aromatic heterocycles. The monoisotopic (exact) mass is 322 g/mol. The minimum absolute atomic E-state index is 0.235. The molecule has 0 aliphatic rings. The molecular formula is C13H15BrN4O. The first kappa shape index (κ1) is 13.7. The summed E-state index contributed by atoms with van der Waals surface area (Å²) in [6.45, 7) is 4.20. The van der Waals surface area contributed by atoms with Gasteiger partial charge in [0.25, 0.3) is 0 Å². The summed E-state index contributed by atoms with van der Waals surface area (Å²) in [7, 11) is 1.81. The van der Waals surface area contributed by atoms with Crippen molar-refractivity contribution in [1.82, 2.24) is 14.5 Å². The van der Waals surface area contributed by atoms with Gasteiger partial charge in [-0.25, -0.2) is 9.78 Å². The lowest BCUT2D eigenvalue weighted by Gasteiger charge is -2.12. The molecule has 0 atom stereocenters. The van der Waals surface area contributed by atoms with Crippen LogP contribution in [0.15, 0.2) is 27.6 Å². The maximum Gasteiger partial charge on any atom is 0.348 e. The number of pyridine rings is 1. The van der Waals surface area contributed by atoms with Crippen molar-refractivity contribution < 1.29 is 0 Å². The molecule has 0 aromatic carbocycles. The summed E-state index contributed by atoms with van der Waals surface area (Å²) in [6.07, 6.45) is 1.72. The first-order valence-corrected chi connectivity index (χ1v) is 6.68. The van der Waals surface area contributed by atoms with Crippen molar-refractivity contribution in [3.63, 3.8) is 0 Å². The van der Waals surface area contributed by atoms with Gasteiger partial charge in [0, 0.05) is 18.9 Å². The lowest BCUT2D eigenvalue weighted by atomic mass is 10.2. The van der Waals surface area contributed by atoms with Crippen molar-refractivity contribution in [3.8, 4) is 0 Å². The van der Waals surface area contributed by atoms with Crippen LogP contribution in [0.2, 0.25) is 0 Å². The van der Waals surface area contributed by atoms with Crippen LogP contribution in [0.3, 0.4) is 0 Å². The maximum atomic E-state index is 12.0. The van der Waals surface area contributed by atoms with Crippen molar-refractivity contribution in [2.24, 2.45) is 0 Å². The summed E-state index contributed by atoms with van der Waals surface area (Å²) in [5.41, 5.74) is 2.35. The highest BCUT2D eigenvalue weighted by Gasteiger charge is 2.09. The Morgan fingerprint density at radius 1 is 1.42 bits per heavy atom. The van der Waals surface area contributed by atoms with Gasteiger partial charge in [0.05, 0.1) is 16.7 Å². The zero-order valence-corrected chi connectivity index (χ0v) is 12.7. The summed E-state index contributed by atoms with van der Waals surface area (Å²) in [6, 6.07) is 3.81. The van der Waals surface area contributed by atoms with Crippen LogP contribution in [0.5, 0.6) is 0 Å². The average molecular weight is 323 g/mol. The van der Waals surface area contributed by atoms with Gasteiger partial charge in [-0.05, 0) is 47.5 Å². The predicted octanol–water partition coefficient (Wildman–Crippen LogP) is 2.11. The fourth-order valence-corrected chi connectivity index (χ4v) is 2.16. The van der Waals surface area contributed by atoms with Crippen LogP contribution in [0.25, 0.3) is 0 Å². The molecule has 6 heteroatoms. The molecule has 0 fully saturated rings. The maximum absolute atomic E-state index is 12.0. The number of hydrogen-bond acceptors (Lipinski definition) is 4. The standard InChI is InChI=1S/C13H15BrN4O/c1-8-12(14)9(2)18(13(19)17-8)7-10-4-5-16-11(6-10)15-3/h4-6H,7H2,1-3H3,(H,15,16). The lowest BCUT2D eigenvalue weighted by molar-refractivity contribution is 0.688. The van der Waals surface area contributed by atoms with E-state index in [1.807, 2.05) is 33.0 Å². The van der Waals surface area contributed by atoms with E-state index in [1.54, 1.807) is 10.8 Å². The predicted molar refractivity (Wildman–Crippen MR) is 78.6 cm³/mol. The minimum atomic E-state index is -0.235. The smallest absolute Gasteiger partial charge is 0.348 e. The van der Waals surface area contributed by atoms with Gasteiger partial charge in [0.15, 0.2) is 0 Å². The van der Waals surface area contributed by atoms with E-state index >= 15 is 0 Å². The highest BCUT2D eigenvalue weighted by molar-refractivity contribution is 9.10. The number of hydrogen-bond donors (Lipinski definition) is 1. The SMILES string of the molecule is CNc1cc(Cn2c(C)c(Br)c(C)nc2=O)ccn1. The number of nitrogens with zero attached hydrogens (tertiary/aromatic N) is 3. The number of nitrogens with one attached hydrogen (secondary N) is 1. The van der Waals surface area contributed by atoms with E-state index in [0.717, 1.165) is 21.5 Å². The summed E-state index contributed by atoms with van der Waals surface area (Å²) in [5, 5.41) is 2.98. The van der Waals surface area contributed by atoms with Crippen molar-refractivity contribution in [1.29, 1.82) is 0 Å². The van der Waals surface area contributed by atoms with E-state index < -0.39 is 0 Å². The fourth-order valence-electron chi connectivity index (χ4n) is 1.85. The molecule has 0 aliphatic carbocycles. The Morgan fingerprint density at radius 2 is 2.16 bits per heavy atom. The Hall–Kier alpha value is -1.69. The van der Waals surface area contributed by atoms with Gasteiger partial charge < -0.3 is 5.32 Å². The van der Waals surface area contributed by atoms with Crippen LogP contribution in [0, 0.1) is 13.8 Å². The van der Waals surface area contributed by atoms with E-state index in [1.165, 1.54) is 0 Å². The van der Waals surface area contributed by atoms with Gasteiger partial charge >= 0.3 is 5.69 Å². The average Bonchev–Trinajstić information content (AvgIpc) is 2.41. The molecule has 0 saturated carbocycles. The number of aryl methyl sites for hydroxylation is 1. The Morgan fingerprint density at radius 3 is 2.84 bits per heavy atom. The highest BCUT2D eigenvalue weighted by atomic mass is 79.9. The van der Waals surface area contributed by atoms with E-state index in [-0.39, 0.29) is 5.69 Å². The van der Waals surface area contributed by atoms with Crippen LogP contribution in [-0.4, -0.2) is 21.6 Å². The summed E-state index contributed by atoms with van der Waals surface area (Å²) in [5.74, 6) is 0.780. The zero-order valence-electron chi connectivity index (χ0n) is 11.1. The molecule has 0 radical (unpaired) electrons. The Labute approximate surface area is 119 Å². The second-order valence-corrected chi connectivity index (χ2v) is 5.06. The molecule has 2 heterocycles. The van der Waals surface area contributed by atoms with Crippen molar-refractivity contribution in [2.75, 3.05) is 12.4 Å². The zero-order chi connectivity index (χ0) is 14.0. The third-order valence-electron chi connectivity index (χ3n) is 2.96. The number of anilines is 1. The third-order valence-corrected chi connectivity index (χ3v) is 4.10. The van der Waals surface area contributed by atoms with Crippen LogP contribution >= 0.6 is 15.9 Å². The van der Waals surface area contributed by atoms with Gasteiger partial charge in [-0.2, -0.15) is 4.98 Å². The second-order valence-electron chi connectivity index (χ2n) is 4.26. The normalized spacial score (nSPS) is 10.5. The molecule has 2 rings (SSSR count). The van der Waals surface area contributed by atoms with Gasteiger partial charge in [0.2, 0.25) is 0 Å². The number of aromatic nitrogens is 3. The van der Waals surface area contributed by atoms with Crippen LogP contribution in [-0.2, 0) is 6.54 Å². The minimum Gasteiger partial charge on any atom is -0.373 e. The molecule has 100 valence electrons. The van der Waals surface area contributed by atoms with Gasteiger partial charge in [-0.15, -0.1) is 0 Å². The van der Waals surface area contributed by atoms with E-state index in [0.29, 0.717) is 12.2 Å². The Balaban J connectivity index is 2.43. The molecule has 0 aliphatic heterocycles. The van der Waals surface area contributed by atoms with Gasteiger partial charge in [-0.1, -0.05) is 0 Å². The summed E-state index contributed by atoms with van der Waals surface area (Å²) < 4.78 is 2.52. The van der Waals surface area contributed by atoms with Crippen molar-refractivity contribution in [3.05, 3.63) is 50.2 Å². The third kappa shape index (κ3) is 2.84. The topological polar surface area (TPSA) is 59.8 Å². The van der Waals surface area contributed by atoms with E-state index in [9.17, 15) is 4.79 Å². The molecule has 19 heavy (non-hydrogen) atoms. The number of halogens is 1. The van der Waals surface area contributed by atoms with Gasteiger partial charge in [0.1, 0.15) is 5.82 Å². The molecule has 0 bridgehead atoms. The fraction of sp³-hybridized carbons (Fsp3) is 0.308. The highest BCUT2D eigenvalue weighted by Crippen LogP contribution is 2.17. The molecule has 5 nitrogen and oxygen atoms in total. The molecule has 0 unspecified atom stereocenters. The lowest BCUT2D eigenvalue weighted by Crippen LogP contribution is -2.27. The second kappa shape index (κ2) is 5.52. The van der Waals surface area contributed by atoms with Crippen LogP contribution < -0.4 is 11.0 Å². The first-order valence-electron chi connectivity index (χ1n) is 5.89. The quantitative estimate of drug-likeness (QED) is 0.940. The van der Waals surface area contributed by atoms with E-state index in [2.05, 4.69) is 31.2 Å². The van der Waals surface area contributed by atoms with Crippen LogP contribution in [0.1, 0.15) is 17.0 Å². The first-order chi connectivity index (χ1) is 9.02. The molecular weight excluding hydrogens is 308 g/mol. The summed E-state index contributed by atoms with van der Waals surface area (Å²) >= 11 is 3.46. The largest absolute Gasteiger partial charge is 0.373 e. The molecule has 2 aromatic rings. The Kier molecular flexibility index (Phi) is 3.99. The molecule has 0 amide bonds. The Bertz CT molecular complexity index is 666. The van der Waals surface area contributed by atoms with E-state index in [4.69, 9.17) is 0 Å². The van der Waals surface area contributed by atoms with Crippen molar-refractivity contribution in [2.45, 2.75) is 20.4 Å². The van der Waals surface area contributed by atoms with Crippen LogP contribution in [0.4, 0.5) is 5.82 Å². The molecule has 0 saturated heterocycles. The molecule has 1 N–H and O–H groups in total. The van der Waals surface area contributed by atoms with Gasteiger partial charge in [-0.3, -0.25) is 4.57 Å². The van der Waals surface area contributed by atoms with Crippen molar-refractivity contribution >= 4 is 21.7 Å². The summed E-state index contributed by atoms with van der Waals surface area (Å²) in [4.78, 5) is 20.1. The number of rotatable bonds is 3. The molecule has 0 spiro atoms.